The molecule has 1 aromatic rings. The molecular formula is C18H26N2O3S. The van der Waals surface area contributed by atoms with E-state index in [0.29, 0.717) is 6.61 Å². The molecule has 0 saturated carbocycles. The molecule has 3 fully saturated rings. The van der Waals surface area contributed by atoms with E-state index in [0.717, 1.165) is 58.4 Å². The van der Waals surface area contributed by atoms with Crippen molar-refractivity contribution in [2.45, 2.75) is 43.9 Å². The first-order chi connectivity index (χ1) is 11.7. The molecule has 0 radical (unpaired) electrons. The molecule has 3 saturated heterocycles. The quantitative estimate of drug-likeness (QED) is 0.816. The van der Waals surface area contributed by atoms with Gasteiger partial charge in [-0.2, -0.15) is 11.3 Å². The molecule has 1 amide bonds. The predicted molar refractivity (Wildman–Crippen MR) is 93.1 cm³/mol. The Hall–Kier alpha value is -0.950. The first-order valence-corrected chi connectivity index (χ1v) is 9.94. The summed E-state index contributed by atoms with van der Waals surface area (Å²) in [5.41, 5.74) is 1.33. The number of likely N-dealkylation sites (tertiary alicyclic amines) is 2. The van der Waals surface area contributed by atoms with Crippen molar-refractivity contribution in [2.75, 3.05) is 39.4 Å². The molecule has 0 unspecified atom stereocenters. The Labute approximate surface area is 147 Å². The molecule has 0 N–H and O–H groups in total. The maximum absolute atomic E-state index is 12.1. The van der Waals surface area contributed by atoms with Crippen LogP contribution in [0.3, 0.4) is 0 Å². The molecule has 2 atom stereocenters. The van der Waals surface area contributed by atoms with Crippen LogP contribution in [0.4, 0.5) is 0 Å². The molecular weight excluding hydrogens is 324 g/mol. The fourth-order valence-electron chi connectivity index (χ4n) is 4.14. The first-order valence-electron chi connectivity index (χ1n) is 8.99. The molecule has 3 aliphatic rings. The molecule has 0 aromatic carbocycles. The van der Waals surface area contributed by atoms with Crippen LogP contribution in [0.1, 0.15) is 31.2 Å². The number of carbonyl (C=O) groups is 1. The van der Waals surface area contributed by atoms with Gasteiger partial charge < -0.3 is 14.4 Å². The molecule has 4 rings (SSSR count). The summed E-state index contributed by atoms with van der Waals surface area (Å²) in [5.74, 6) is 0.138. The second-order valence-corrected chi connectivity index (χ2v) is 8.09. The Balaban J connectivity index is 1.23. The van der Waals surface area contributed by atoms with E-state index in [4.69, 9.17) is 9.47 Å². The zero-order chi connectivity index (χ0) is 16.4. The van der Waals surface area contributed by atoms with Gasteiger partial charge in [0, 0.05) is 39.1 Å². The highest BCUT2D eigenvalue weighted by Crippen LogP contribution is 2.36. The van der Waals surface area contributed by atoms with Gasteiger partial charge in [-0.3, -0.25) is 9.69 Å². The van der Waals surface area contributed by atoms with Crippen molar-refractivity contribution in [3.8, 4) is 0 Å². The number of ether oxygens (including phenoxy) is 2. The molecule has 5 nitrogen and oxygen atoms in total. The Morgan fingerprint density at radius 1 is 1.38 bits per heavy atom. The van der Waals surface area contributed by atoms with Gasteiger partial charge in [0.2, 0.25) is 5.91 Å². The summed E-state index contributed by atoms with van der Waals surface area (Å²) in [6.07, 6.45) is 4.30. The standard InChI is InChI=1S/C18H26N2O3S/c21-17(20-5-1-2-6-20)12-22-16-9-18(23-11-16)4-7-19(14-18)10-15-3-8-24-13-15/h3,8,13,16H,1-2,4-7,9-12,14H2/t16-,18-/m0/s1. The van der Waals surface area contributed by atoms with Gasteiger partial charge in [-0.25, -0.2) is 0 Å². The summed E-state index contributed by atoms with van der Waals surface area (Å²) in [4.78, 5) is 16.5. The minimum Gasteiger partial charge on any atom is -0.371 e. The number of nitrogens with zero attached hydrogens (tertiary/aromatic N) is 2. The van der Waals surface area contributed by atoms with Gasteiger partial charge >= 0.3 is 0 Å². The van der Waals surface area contributed by atoms with Crippen molar-refractivity contribution in [2.24, 2.45) is 0 Å². The van der Waals surface area contributed by atoms with E-state index < -0.39 is 0 Å². The van der Waals surface area contributed by atoms with Crippen molar-refractivity contribution in [3.05, 3.63) is 22.4 Å². The van der Waals surface area contributed by atoms with Crippen LogP contribution in [-0.4, -0.2) is 66.8 Å². The van der Waals surface area contributed by atoms with Crippen molar-refractivity contribution in [1.29, 1.82) is 0 Å². The highest BCUT2D eigenvalue weighted by atomic mass is 32.1. The van der Waals surface area contributed by atoms with Crippen LogP contribution in [0, 0.1) is 0 Å². The van der Waals surface area contributed by atoms with Crippen LogP contribution in [0.25, 0.3) is 0 Å². The van der Waals surface area contributed by atoms with Gasteiger partial charge in [-0.05, 0) is 41.7 Å². The third kappa shape index (κ3) is 3.67. The van der Waals surface area contributed by atoms with Gasteiger partial charge in [0.15, 0.2) is 0 Å². The summed E-state index contributed by atoms with van der Waals surface area (Å²) in [6.45, 7) is 5.68. The van der Waals surface area contributed by atoms with Crippen LogP contribution < -0.4 is 0 Å². The van der Waals surface area contributed by atoms with E-state index in [2.05, 4.69) is 21.7 Å². The van der Waals surface area contributed by atoms with Gasteiger partial charge in [0.05, 0.1) is 18.3 Å². The lowest BCUT2D eigenvalue weighted by Gasteiger charge is -2.23. The topological polar surface area (TPSA) is 42.0 Å². The van der Waals surface area contributed by atoms with E-state index in [1.165, 1.54) is 5.56 Å². The third-order valence-corrected chi connectivity index (χ3v) is 6.19. The lowest BCUT2D eigenvalue weighted by molar-refractivity contribution is -0.137. The van der Waals surface area contributed by atoms with Gasteiger partial charge in [-0.1, -0.05) is 0 Å². The molecule has 6 heteroatoms. The van der Waals surface area contributed by atoms with Crippen LogP contribution >= 0.6 is 11.3 Å². The number of hydrogen-bond donors (Lipinski definition) is 0. The Morgan fingerprint density at radius 2 is 2.25 bits per heavy atom. The average molecular weight is 350 g/mol. The van der Waals surface area contributed by atoms with Crippen molar-refractivity contribution in [3.63, 3.8) is 0 Å². The van der Waals surface area contributed by atoms with Crippen molar-refractivity contribution in [1.82, 2.24) is 9.80 Å². The summed E-state index contributed by atoms with van der Waals surface area (Å²) >= 11 is 1.75. The highest BCUT2D eigenvalue weighted by Gasteiger charge is 2.46. The second-order valence-electron chi connectivity index (χ2n) is 7.31. The first kappa shape index (κ1) is 16.5. The smallest absolute Gasteiger partial charge is 0.248 e. The maximum Gasteiger partial charge on any atom is 0.248 e. The predicted octanol–water partition coefficient (Wildman–Crippen LogP) is 2.12. The molecule has 1 spiro atoms. The van der Waals surface area contributed by atoms with E-state index in [-0.39, 0.29) is 24.2 Å². The Kier molecular flexibility index (Phi) is 4.90. The van der Waals surface area contributed by atoms with Gasteiger partial charge in [-0.15, -0.1) is 0 Å². The molecule has 4 heterocycles. The second kappa shape index (κ2) is 7.12. The molecule has 132 valence electrons. The third-order valence-electron chi connectivity index (χ3n) is 5.46. The van der Waals surface area contributed by atoms with E-state index in [9.17, 15) is 4.79 Å². The molecule has 3 aliphatic heterocycles. The zero-order valence-corrected chi connectivity index (χ0v) is 14.9. The highest BCUT2D eigenvalue weighted by molar-refractivity contribution is 7.07. The summed E-state index contributed by atoms with van der Waals surface area (Å²) in [7, 11) is 0. The monoisotopic (exact) mass is 350 g/mol. The fourth-order valence-corrected chi connectivity index (χ4v) is 4.80. The minimum absolute atomic E-state index is 0.0582. The summed E-state index contributed by atoms with van der Waals surface area (Å²) in [5, 5.41) is 4.35. The minimum atomic E-state index is -0.0582. The molecule has 0 aliphatic carbocycles. The van der Waals surface area contributed by atoms with E-state index in [1.54, 1.807) is 11.3 Å². The molecule has 0 bridgehead atoms. The van der Waals surface area contributed by atoms with Crippen LogP contribution in [-0.2, 0) is 20.8 Å². The van der Waals surface area contributed by atoms with Crippen LogP contribution in [0.2, 0.25) is 0 Å². The zero-order valence-electron chi connectivity index (χ0n) is 14.1. The number of rotatable bonds is 5. The van der Waals surface area contributed by atoms with Crippen LogP contribution in [0.5, 0.6) is 0 Å². The molecule has 1 aromatic heterocycles. The number of amides is 1. The number of hydrogen-bond acceptors (Lipinski definition) is 5. The SMILES string of the molecule is O=C(CO[C@@H]1CO[C@@]2(CCN(Cc3ccsc3)C2)C1)N1CCCC1. The van der Waals surface area contributed by atoms with Gasteiger partial charge in [0.1, 0.15) is 6.61 Å². The van der Waals surface area contributed by atoms with E-state index in [1.807, 2.05) is 4.90 Å². The summed E-state index contributed by atoms with van der Waals surface area (Å²) < 4.78 is 12.0. The fraction of sp³-hybridized carbons (Fsp3) is 0.722. The van der Waals surface area contributed by atoms with Gasteiger partial charge in [0.25, 0.3) is 0 Å². The lowest BCUT2D eigenvalue weighted by Crippen LogP contribution is -2.34. The number of thiophene rings is 1. The Bertz CT molecular complexity index is 559. The normalized spacial score (nSPS) is 30.7. The molecule has 24 heavy (non-hydrogen) atoms. The maximum atomic E-state index is 12.1. The summed E-state index contributed by atoms with van der Waals surface area (Å²) in [6, 6.07) is 2.20. The largest absolute Gasteiger partial charge is 0.371 e. The van der Waals surface area contributed by atoms with E-state index >= 15 is 0 Å². The van der Waals surface area contributed by atoms with Crippen molar-refractivity contribution >= 4 is 17.2 Å². The lowest BCUT2D eigenvalue weighted by atomic mass is 9.98. The number of carbonyl (C=O) groups excluding carboxylic acids is 1. The average Bonchev–Trinajstić information content (AvgIpc) is 3.35. The van der Waals surface area contributed by atoms with Crippen molar-refractivity contribution < 1.29 is 14.3 Å². The Morgan fingerprint density at radius 3 is 3.04 bits per heavy atom. The van der Waals surface area contributed by atoms with Crippen LogP contribution in [0.15, 0.2) is 16.8 Å².